The van der Waals surface area contributed by atoms with Crippen molar-refractivity contribution in [2.75, 3.05) is 50.7 Å². The summed E-state index contributed by atoms with van der Waals surface area (Å²) in [4.78, 5) is 34.3. The topological polar surface area (TPSA) is 82.8 Å². The van der Waals surface area contributed by atoms with Gasteiger partial charge >= 0.3 is 0 Å². The van der Waals surface area contributed by atoms with Crippen molar-refractivity contribution in [3.63, 3.8) is 0 Å². The SMILES string of the molecule is NC(=O)CN1CCCC(C(=O)N2CCN(c3ccc(Cl)cn3)CC2)C1. The molecule has 0 aliphatic carbocycles. The highest BCUT2D eigenvalue weighted by Gasteiger charge is 2.31. The van der Waals surface area contributed by atoms with Crippen molar-refractivity contribution in [3.05, 3.63) is 23.4 Å². The average Bonchev–Trinajstić information content (AvgIpc) is 2.62. The lowest BCUT2D eigenvalue weighted by Crippen LogP contribution is -2.53. The molecule has 2 amide bonds. The Balaban J connectivity index is 1.52. The number of piperidine rings is 1. The van der Waals surface area contributed by atoms with Crippen molar-refractivity contribution in [2.45, 2.75) is 12.8 Å². The minimum absolute atomic E-state index is 0.0340. The number of carbonyl (C=O) groups excluding carboxylic acids is 2. The van der Waals surface area contributed by atoms with Gasteiger partial charge in [-0.1, -0.05) is 11.6 Å². The summed E-state index contributed by atoms with van der Waals surface area (Å²) in [6, 6.07) is 3.74. The maximum absolute atomic E-state index is 12.8. The first-order chi connectivity index (χ1) is 12.0. The van der Waals surface area contributed by atoms with Gasteiger partial charge in [0.15, 0.2) is 0 Å². The second kappa shape index (κ2) is 8.01. The maximum atomic E-state index is 12.8. The predicted molar refractivity (Wildman–Crippen MR) is 96.4 cm³/mol. The van der Waals surface area contributed by atoms with E-state index < -0.39 is 0 Å². The highest BCUT2D eigenvalue weighted by molar-refractivity contribution is 6.30. The summed E-state index contributed by atoms with van der Waals surface area (Å²) in [5.74, 6) is 0.713. The first-order valence-corrected chi connectivity index (χ1v) is 9.06. The van der Waals surface area contributed by atoms with Gasteiger partial charge < -0.3 is 15.5 Å². The van der Waals surface area contributed by atoms with Crippen LogP contribution >= 0.6 is 11.6 Å². The molecule has 7 nitrogen and oxygen atoms in total. The smallest absolute Gasteiger partial charge is 0.231 e. The Kier molecular flexibility index (Phi) is 5.75. The van der Waals surface area contributed by atoms with Crippen LogP contribution in [-0.4, -0.2) is 72.4 Å². The van der Waals surface area contributed by atoms with E-state index in [9.17, 15) is 9.59 Å². The average molecular weight is 366 g/mol. The highest BCUT2D eigenvalue weighted by atomic mass is 35.5. The van der Waals surface area contributed by atoms with Crippen molar-refractivity contribution in [3.8, 4) is 0 Å². The number of aromatic nitrogens is 1. The Hall–Kier alpha value is -1.86. The Morgan fingerprint density at radius 3 is 2.60 bits per heavy atom. The fraction of sp³-hybridized carbons (Fsp3) is 0.588. The second-order valence-corrected chi connectivity index (χ2v) is 7.12. The molecule has 1 aromatic rings. The largest absolute Gasteiger partial charge is 0.369 e. The molecule has 2 fully saturated rings. The van der Waals surface area contributed by atoms with E-state index in [0.717, 1.165) is 38.3 Å². The van der Waals surface area contributed by atoms with Crippen LogP contribution in [0.3, 0.4) is 0 Å². The molecule has 1 unspecified atom stereocenters. The van der Waals surface area contributed by atoms with E-state index >= 15 is 0 Å². The standard InChI is InChI=1S/C17H24ClN5O2/c18-14-3-4-16(20-10-14)22-6-8-23(9-7-22)17(25)13-2-1-5-21(11-13)12-15(19)24/h3-4,10,13H,1-2,5-9,11-12H2,(H2,19,24). The third-order valence-corrected chi connectivity index (χ3v) is 5.08. The number of likely N-dealkylation sites (tertiary alicyclic amines) is 1. The minimum Gasteiger partial charge on any atom is -0.369 e. The van der Waals surface area contributed by atoms with E-state index in [1.54, 1.807) is 6.20 Å². The first kappa shape index (κ1) is 17.9. The van der Waals surface area contributed by atoms with Crippen molar-refractivity contribution in [2.24, 2.45) is 11.7 Å². The number of primary amides is 1. The van der Waals surface area contributed by atoms with E-state index in [-0.39, 0.29) is 24.3 Å². The van der Waals surface area contributed by atoms with Crippen LogP contribution in [0.25, 0.3) is 0 Å². The molecular formula is C17H24ClN5O2. The quantitative estimate of drug-likeness (QED) is 0.844. The molecule has 2 aliphatic heterocycles. The summed E-state index contributed by atoms with van der Waals surface area (Å²) in [6.45, 7) is 4.60. The Morgan fingerprint density at radius 2 is 1.96 bits per heavy atom. The molecule has 0 saturated carbocycles. The van der Waals surface area contributed by atoms with Gasteiger partial charge in [0, 0.05) is 38.9 Å². The van der Waals surface area contributed by atoms with Gasteiger partial charge in [-0.25, -0.2) is 4.98 Å². The summed E-state index contributed by atoms with van der Waals surface area (Å²) in [6.07, 6.45) is 3.45. The van der Waals surface area contributed by atoms with Gasteiger partial charge in [-0.3, -0.25) is 14.5 Å². The Bertz CT molecular complexity index is 616. The van der Waals surface area contributed by atoms with Gasteiger partial charge in [-0.05, 0) is 31.5 Å². The van der Waals surface area contributed by atoms with Crippen LogP contribution in [0.4, 0.5) is 5.82 Å². The summed E-state index contributed by atoms with van der Waals surface area (Å²) in [7, 11) is 0. The number of halogens is 1. The van der Waals surface area contributed by atoms with E-state index in [2.05, 4.69) is 9.88 Å². The zero-order valence-electron chi connectivity index (χ0n) is 14.2. The number of pyridine rings is 1. The summed E-state index contributed by atoms with van der Waals surface area (Å²) >= 11 is 5.88. The molecule has 8 heteroatoms. The number of amides is 2. The zero-order valence-corrected chi connectivity index (χ0v) is 15.0. The minimum atomic E-state index is -0.336. The van der Waals surface area contributed by atoms with Crippen LogP contribution in [0.2, 0.25) is 5.02 Å². The Morgan fingerprint density at radius 1 is 1.20 bits per heavy atom. The van der Waals surface area contributed by atoms with Crippen LogP contribution in [0.15, 0.2) is 18.3 Å². The molecule has 3 rings (SSSR count). The Labute approximate surface area is 152 Å². The predicted octanol–water partition coefficient (Wildman–Crippen LogP) is 0.581. The lowest BCUT2D eigenvalue weighted by molar-refractivity contribution is -0.138. The first-order valence-electron chi connectivity index (χ1n) is 8.69. The molecular weight excluding hydrogens is 342 g/mol. The van der Waals surface area contributed by atoms with E-state index in [1.165, 1.54) is 0 Å². The monoisotopic (exact) mass is 365 g/mol. The van der Waals surface area contributed by atoms with Crippen molar-refractivity contribution >= 4 is 29.2 Å². The molecule has 0 aromatic carbocycles. The van der Waals surface area contributed by atoms with E-state index in [1.807, 2.05) is 21.9 Å². The van der Waals surface area contributed by atoms with Gasteiger partial charge in [-0.15, -0.1) is 0 Å². The number of carbonyl (C=O) groups is 2. The molecule has 0 bridgehead atoms. The van der Waals surface area contributed by atoms with Crippen molar-refractivity contribution < 1.29 is 9.59 Å². The number of piperazine rings is 1. The van der Waals surface area contributed by atoms with Crippen LogP contribution in [0, 0.1) is 5.92 Å². The van der Waals surface area contributed by atoms with Crippen molar-refractivity contribution in [1.29, 1.82) is 0 Å². The van der Waals surface area contributed by atoms with Crippen LogP contribution in [0.1, 0.15) is 12.8 Å². The number of anilines is 1. The highest BCUT2D eigenvalue weighted by Crippen LogP contribution is 2.21. The van der Waals surface area contributed by atoms with Gasteiger partial charge in [0.25, 0.3) is 0 Å². The lowest BCUT2D eigenvalue weighted by atomic mass is 9.96. The number of hydrogen-bond acceptors (Lipinski definition) is 5. The molecule has 3 heterocycles. The third kappa shape index (κ3) is 4.61. The van der Waals surface area contributed by atoms with Crippen LogP contribution in [-0.2, 0) is 9.59 Å². The lowest BCUT2D eigenvalue weighted by Gasteiger charge is -2.39. The summed E-state index contributed by atoms with van der Waals surface area (Å²) in [5.41, 5.74) is 5.27. The fourth-order valence-corrected chi connectivity index (χ4v) is 3.70. The fourth-order valence-electron chi connectivity index (χ4n) is 3.59. The molecule has 0 radical (unpaired) electrons. The zero-order chi connectivity index (χ0) is 17.8. The normalized spacial score (nSPS) is 22.0. The van der Waals surface area contributed by atoms with Gasteiger partial charge in [0.05, 0.1) is 17.5 Å². The summed E-state index contributed by atoms with van der Waals surface area (Å²) < 4.78 is 0. The molecule has 2 aliphatic rings. The van der Waals surface area contributed by atoms with Crippen molar-refractivity contribution in [1.82, 2.24) is 14.8 Å². The van der Waals surface area contributed by atoms with Crippen LogP contribution in [0.5, 0.6) is 0 Å². The third-order valence-electron chi connectivity index (χ3n) is 4.86. The molecule has 2 N–H and O–H groups in total. The van der Waals surface area contributed by atoms with E-state index in [0.29, 0.717) is 24.7 Å². The number of nitrogens with two attached hydrogens (primary N) is 1. The molecule has 136 valence electrons. The maximum Gasteiger partial charge on any atom is 0.231 e. The molecule has 1 aromatic heterocycles. The van der Waals surface area contributed by atoms with Crippen LogP contribution < -0.4 is 10.6 Å². The van der Waals surface area contributed by atoms with Gasteiger partial charge in [-0.2, -0.15) is 0 Å². The summed E-state index contributed by atoms with van der Waals surface area (Å²) in [5, 5.41) is 0.621. The molecule has 2 saturated heterocycles. The number of rotatable bonds is 4. The molecule has 1 atom stereocenters. The van der Waals surface area contributed by atoms with Gasteiger partial charge in [0.2, 0.25) is 11.8 Å². The molecule has 0 spiro atoms. The number of hydrogen-bond donors (Lipinski definition) is 1. The van der Waals surface area contributed by atoms with Gasteiger partial charge in [0.1, 0.15) is 5.82 Å². The van der Waals surface area contributed by atoms with E-state index in [4.69, 9.17) is 17.3 Å². The number of nitrogens with zero attached hydrogens (tertiary/aromatic N) is 4. The second-order valence-electron chi connectivity index (χ2n) is 6.69. The molecule has 25 heavy (non-hydrogen) atoms.